The molecular formula is C14H19N. The highest BCUT2D eigenvalue weighted by Crippen LogP contribution is 2.28. The molecule has 0 N–H and O–H groups in total. The first-order valence-corrected chi connectivity index (χ1v) is 5.83. The predicted molar refractivity (Wildman–Crippen MR) is 66.2 cm³/mol. The van der Waals surface area contributed by atoms with Crippen LogP contribution in [0.1, 0.15) is 32.3 Å². The fraction of sp³-hybridized carbons (Fsp3) is 0.429. The van der Waals surface area contributed by atoms with Crippen LogP contribution in [-0.2, 0) is 6.42 Å². The Balaban J connectivity index is 2.24. The van der Waals surface area contributed by atoms with Gasteiger partial charge in [-0.25, -0.2) is 0 Å². The molecule has 80 valence electrons. The summed E-state index contributed by atoms with van der Waals surface area (Å²) in [5.74, 6) is 0. The zero-order chi connectivity index (χ0) is 10.7. The van der Waals surface area contributed by atoms with E-state index in [9.17, 15) is 0 Å². The number of para-hydroxylation sites is 1. The summed E-state index contributed by atoms with van der Waals surface area (Å²) in [6.07, 6.45) is 5.93. The number of rotatable bonds is 3. The summed E-state index contributed by atoms with van der Waals surface area (Å²) in [5, 5.41) is 0. The number of allylic oxidation sites excluding steroid dienone is 1. The van der Waals surface area contributed by atoms with E-state index < -0.39 is 0 Å². The molecule has 1 aromatic rings. The Bertz CT molecular complexity index is 365. The highest BCUT2D eigenvalue weighted by atomic mass is 15.1. The van der Waals surface area contributed by atoms with Crippen LogP contribution in [0.5, 0.6) is 0 Å². The van der Waals surface area contributed by atoms with E-state index in [1.54, 1.807) is 0 Å². The van der Waals surface area contributed by atoms with Gasteiger partial charge in [0.15, 0.2) is 0 Å². The molecule has 1 aliphatic heterocycles. The number of benzene rings is 1. The summed E-state index contributed by atoms with van der Waals surface area (Å²) < 4.78 is 0. The molecule has 2 rings (SSSR count). The molecule has 0 fully saturated rings. The number of hydrogen-bond acceptors (Lipinski definition) is 1. The molecule has 0 saturated heterocycles. The third kappa shape index (κ3) is 2.23. The van der Waals surface area contributed by atoms with Gasteiger partial charge in [0.05, 0.1) is 0 Å². The van der Waals surface area contributed by atoms with Crippen LogP contribution in [0, 0.1) is 0 Å². The van der Waals surface area contributed by atoms with Crippen LogP contribution in [0.3, 0.4) is 0 Å². The molecule has 0 radical (unpaired) electrons. The topological polar surface area (TPSA) is 3.24 Å². The number of nitrogens with zero attached hydrogens (tertiary/aromatic N) is 1. The Labute approximate surface area is 92.4 Å². The quantitative estimate of drug-likeness (QED) is 0.720. The first kappa shape index (κ1) is 10.3. The lowest BCUT2D eigenvalue weighted by Crippen LogP contribution is -2.22. The van der Waals surface area contributed by atoms with Crippen molar-refractivity contribution in [1.82, 2.24) is 0 Å². The van der Waals surface area contributed by atoms with Crippen molar-refractivity contribution in [3.8, 4) is 0 Å². The largest absolute Gasteiger partial charge is 0.348 e. The maximum absolute atomic E-state index is 2.40. The molecule has 0 saturated carbocycles. The molecule has 15 heavy (non-hydrogen) atoms. The minimum Gasteiger partial charge on any atom is -0.348 e. The summed E-state index contributed by atoms with van der Waals surface area (Å²) in [5.41, 5.74) is 4.33. The Morgan fingerprint density at radius 2 is 2.07 bits per heavy atom. The molecule has 1 heteroatoms. The van der Waals surface area contributed by atoms with Gasteiger partial charge in [0.2, 0.25) is 0 Å². The average Bonchev–Trinajstić information content (AvgIpc) is 2.25. The second-order valence-electron chi connectivity index (χ2n) is 4.33. The predicted octanol–water partition coefficient (Wildman–Crippen LogP) is 3.75. The minimum atomic E-state index is 1.11. The van der Waals surface area contributed by atoms with Gasteiger partial charge in [-0.3, -0.25) is 0 Å². The summed E-state index contributed by atoms with van der Waals surface area (Å²) >= 11 is 0. The number of unbranched alkanes of at least 4 members (excludes halogenated alkanes) is 1. The average molecular weight is 201 g/mol. The summed E-state index contributed by atoms with van der Waals surface area (Å²) in [7, 11) is 0. The van der Waals surface area contributed by atoms with Crippen molar-refractivity contribution in [2.45, 2.75) is 33.1 Å². The van der Waals surface area contributed by atoms with E-state index in [2.05, 4.69) is 49.2 Å². The SMILES string of the molecule is CCCCN1C=C(C)Cc2ccccc21. The van der Waals surface area contributed by atoms with E-state index >= 15 is 0 Å². The third-order valence-electron chi connectivity index (χ3n) is 2.90. The molecule has 0 aliphatic carbocycles. The van der Waals surface area contributed by atoms with Crippen molar-refractivity contribution in [3.63, 3.8) is 0 Å². The van der Waals surface area contributed by atoms with E-state index in [-0.39, 0.29) is 0 Å². The lowest BCUT2D eigenvalue weighted by molar-refractivity contribution is 0.770. The number of hydrogen-bond donors (Lipinski definition) is 0. The first-order valence-electron chi connectivity index (χ1n) is 5.83. The van der Waals surface area contributed by atoms with Gasteiger partial charge < -0.3 is 4.90 Å². The van der Waals surface area contributed by atoms with Crippen molar-refractivity contribution in [2.24, 2.45) is 0 Å². The molecule has 0 aromatic heterocycles. The molecule has 1 aliphatic rings. The second-order valence-corrected chi connectivity index (χ2v) is 4.33. The van der Waals surface area contributed by atoms with Crippen molar-refractivity contribution in [1.29, 1.82) is 0 Å². The van der Waals surface area contributed by atoms with Crippen LogP contribution in [0.25, 0.3) is 0 Å². The highest BCUT2D eigenvalue weighted by Gasteiger charge is 2.13. The van der Waals surface area contributed by atoms with Crippen molar-refractivity contribution in [3.05, 3.63) is 41.6 Å². The lowest BCUT2D eigenvalue weighted by atomic mass is 10.0. The van der Waals surface area contributed by atoms with Crippen LogP contribution < -0.4 is 4.90 Å². The smallest absolute Gasteiger partial charge is 0.0441 e. The molecule has 0 bridgehead atoms. The van der Waals surface area contributed by atoms with Gasteiger partial charge in [-0.05, 0) is 31.4 Å². The highest BCUT2D eigenvalue weighted by molar-refractivity contribution is 5.59. The van der Waals surface area contributed by atoms with Gasteiger partial charge in [-0.1, -0.05) is 37.1 Å². The van der Waals surface area contributed by atoms with Crippen LogP contribution in [0.4, 0.5) is 5.69 Å². The molecule has 0 spiro atoms. The maximum Gasteiger partial charge on any atom is 0.0441 e. The Kier molecular flexibility index (Phi) is 3.10. The van der Waals surface area contributed by atoms with Gasteiger partial charge in [0, 0.05) is 18.4 Å². The number of anilines is 1. The van der Waals surface area contributed by atoms with Gasteiger partial charge in [0.1, 0.15) is 0 Å². The second kappa shape index (κ2) is 4.52. The Morgan fingerprint density at radius 3 is 2.87 bits per heavy atom. The molecule has 0 unspecified atom stereocenters. The summed E-state index contributed by atoms with van der Waals surface area (Å²) in [6, 6.07) is 8.74. The van der Waals surface area contributed by atoms with Gasteiger partial charge >= 0.3 is 0 Å². The maximum atomic E-state index is 2.40. The van der Waals surface area contributed by atoms with Crippen molar-refractivity contribution >= 4 is 5.69 Å². The van der Waals surface area contributed by atoms with Gasteiger partial charge in [-0.2, -0.15) is 0 Å². The first-order chi connectivity index (χ1) is 7.31. The Hall–Kier alpha value is -1.24. The van der Waals surface area contributed by atoms with Crippen LogP contribution in [0.15, 0.2) is 36.0 Å². The summed E-state index contributed by atoms with van der Waals surface area (Å²) in [6.45, 7) is 5.60. The zero-order valence-electron chi connectivity index (χ0n) is 9.66. The van der Waals surface area contributed by atoms with E-state index in [1.807, 2.05) is 0 Å². The van der Waals surface area contributed by atoms with E-state index in [4.69, 9.17) is 0 Å². The minimum absolute atomic E-state index is 1.11. The molecule has 1 aromatic carbocycles. The third-order valence-corrected chi connectivity index (χ3v) is 2.90. The lowest BCUT2D eigenvalue weighted by Gasteiger charge is -2.28. The van der Waals surface area contributed by atoms with Gasteiger partial charge in [-0.15, -0.1) is 0 Å². The monoisotopic (exact) mass is 201 g/mol. The fourth-order valence-electron chi connectivity index (χ4n) is 2.14. The van der Waals surface area contributed by atoms with Crippen LogP contribution >= 0.6 is 0 Å². The molecule has 1 heterocycles. The molecule has 1 nitrogen and oxygen atoms in total. The molecule has 0 atom stereocenters. The molecular weight excluding hydrogens is 182 g/mol. The normalized spacial score (nSPS) is 14.8. The molecule has 0 amide bonds. The van der Waals surface area contributed by atoms with E-state index in [0.29, 0.717) is 0 Å². The van der Waals surface area contributed by atoms with Crippen LogP contribution in [0.2, 0.25) is 0 Å². The van der Waals surface area contributed by atoms with Crippen molar-refractivity contribution in [2.75, 3.05) is 11.4 Å². The summed E-state index contributed by atoms with van der Waals surface area (Å²) in [4.78, 5) is 2.40. The zero-order valence-corrected chi connectivity index (χ0v) is 9.66. The fourth-order valence-corrected chi connectivity index (χ4v) is 2.14. The number of fused-ring (bicyclic) bond motifs is 1. The van der Waals surface area contributed by atoms with E-state index in [1.165, 1.54) is 29.7 Å². The standard InChI is InChI=1S/C14H19N/c1-3-4-9-15-11-12(2)10-13-7-5-6-8-14(13)15/h5-8,11H,3-4,9-10H2,1-2H3. The van der Waals surface area contributed by atoms with Gasteiger partial charge in [0.25, 0.3) is 0 Å². The van der Waals surface area contributed by atoms with Crippen molar-refractivity contribution < 1.29 is 0 Å². The van der Waals surface area contributed by atoms with Crippen LogP contribution in [-0.4, -0.2) is 6.54 Å². The Morgan fingerprint density at radius 1 is 1.27 bits per heavy atom. The van der Waals surface area contributed by atoms with E-state index in [0.717, 1.165) is 13.0 Å².